The molecule has 3 rings (SSSR count). The van der Waals surface area contributed by atoms with Crippen LogP contribution in [0.1, 0.15) is 30.9 Å². The molecule has 1 aromatic carbocycles. The van der Waals surface area contributed by atoms with E-state index in [1.165, 1.54) is 0 Å². The summed E-state index contributed by atoms with van der Waals surface area (Å²) in [4.78, 5) is 28.3. The second-order valence-electron chi connectivity index (χ2n) is 6.87. The predicted octanol–water partition coefficient (Wildman–Crippen LogP) is 1.17. The lowest BCUT2D eigenvalue weighted by molar-refractivity contribution is -0.145. The highest BCUT2D eigenvalue weighted by Crippen LogP contribution is 2.35. The average Bonchev–Trinajstić information content (AvgIpc) is 2.87. The number of benzene rings is 1. The van der Waals surface area contributed by atoms with Gasteiger partial charge in [-0.3, -0.25) is 14.5 Å². The van der Waals surface area contributed by atoms with Crippen LogP contribution in [0.3, 0.4) is 0 Å². The Labute approximate surface area is 148 Å². The van der Waals surface area contributed by atoms with E-state index in [1.54, 1.807) is 0 Å². The first-order chi connectivity index (χ1) is 12.1. The molecule has 2 atom stereocenters. The Morgan fingerprint density at radius 1 is 1.08 bits per heavy atom. The summed E-state index contributed by atoms with van der Waals surface area (Å²) in [7, 11) is 0. The summed E-state index contributed by atoms with van der Waals surface area (Å²) in [6.07, 6.45) is 2.48. The molecule has 0 saturated carbocycles. The third-order valence-electron chi connectivity index (χ3n) is 5.05. The van der Waals surface area contributed by atoms with Crippen molar-refractivity contribution in [3.05, 3.63) is 35.9 Å². The summed E-state index contributed by atoms with van der Waals surface area (Å²) in [5, 5.41) is 0. The van der Waals surface area contributed by atoms with E-state index in [2.05, 4.69) is 0 Å². The van der Waals surface area contributed by atoms with E-state index >= 15 is 0 Å². The molecule has 6 heteroatoms. The van der Waals surface area contributed by atoms with Crippen LogP contribution in [0.5, 0.6) is 0 Å². The number of carbonyl (C=O) groups excluding carboxylic acids is 2. The quantitative estimate of drug-likeness (QED) is 0.889. The lowest BCUT2D eigenvalue weighted by Gasteiger charge is -2.34. The molecule has 2 fully saturated rings. The van der Waals surface area contributed by atoms with Crippen LogP contribution in [-0.4, -0.2) is 60.9 Å². The lowest BCUT2D eigenvalue weighted by atomic mass is 9.88. The Bertz CT molecular complexity index is 593. The number of carbonyl (C=O) groups is 2. The molecule has 1 aromatic rings. The number of primary amides is 1. The maximum Gasteiger partial charge on any atom is 0.231 e. The second-order valence-corrected chi connectivity index (χ2v) is 6.87. The molecule has 2 saturated heterocycles. The largest absolute Gasteiger partial charge is 0.373 e. The van der Waals surface area contributed by atoms with Crippen LogP contribution >= 0.6 is 0 Å². The molecule has 2 N–H and O–H groups in total. The minimum absolute atomic E-state index is 0.126. The maximum absolute atomic E-state index is 13.2. The van der Waals surface area contributed by atoms with Crippen LogP contribution in [0.15, 0.2) is 30.3 Å². The number of rotatable bonds is 4. The van der Waals surface area contributed by atoms with Crippen molar-refractivity contribution in [3.8, 4) is 0 Å². The molecule has 2 amide bonds. The molecule has 6 nitrogen and oxygen atoms in total. The van der Waals surface area contributed by atoms with E-state index in [0.29, 0.717) is 19.7 Å². The van der Waals surface area contributed by atoms with Gasteiger partial charge in [0.05, 0.1) is 18.6 Å². The van der Waals surface area contributed by atoms with Crippen LogP contribution in [0.25, 0.3) is 0 Å². The molecule has 2 heterocycles. The van der Waals surface area contributed by atoms with Crippen LogP contribution in [0.2, 0.25) is 0 Å². The highest BCUT2D eigenvalue weighted by atomic mass is 16.5. The zero-order valence-electron chi connectivity index (χ0n) is 14.6. The fourth-order valence-electron chi connectivity index (χ4n) is 3.81. The van der Waals surface area contributed by atoms with Crippen molar-refractivity contribution < 1.29 is 14.3 Å². The van der Waals surface area contributed by atoms with Gasteiger partial charge in [0.25, 0.3) is 0 Å². The van der Waals surface area contributed by atoms with Gasteiger partial charge in [-0.2, -0.15) is 0 Å². The Hall–Kier alpha value is -1.92. The number of ether oxygens (including phenoxy) is 1. The number of hydrogen-bond acceptors (Lipinski definition) is 4. The van der Waals surface area contributed by atoms with Crippen molar-refractivity contribution in [2.75, 3.05) is 39.3 Å². The zero-order valence-corrected chi connectivity index (χ0v) is 14.6. The van der Waals surface area contributed by atoms with Crippen molar-refractivity contribution in [2.45, 2.75) is 25.4 Å². The summed E-state index contributed by atoms with van der Waals surface area (Å²) < 4.78 is 5.97. The summed E-state index contributed by atoms with van der Waals surface area (Å²) in [6, 6.07) is 10.0. The summed E-state index contributed by atoms with van der Waals surface area (Å²) >= 11 is 0. The standard InChI is InChI=1S/C19H27N3O3/c20-17(23)14-21-9-5-10-22(12-11-21)19(24)16-8-4-13-25-18(16)15-6-2-1-3-7-15/h1-3,6-7,16,18H,4-5,8-14H2,(H2,20,23)/t16-,18-/m1/s1. The Morgan fingerprint density at radius 2 is 1.88 bits per heavy atom. The fraction of sp³-hybridized carbons (Fsp3) is 0.579. The van der Waals surface area contributed by atoms with Gasteiger partial charge >= 0.3 is 0 Å². The summed E-state index contributed by atoms with van der Waals surface area (Å²) in [6.45, 7) is 3.83. The Morgan fingerprint density at radius 3 is 2.64 bits per heavy atom. The van der Waals surface area contributed by atoms with E-state index in [4.69, 9.17) is 10.5 Å². The summed E-state index contributed by atoms with van der Waals surface area (Å²) in [5.41, 5.74) is 6.37. The smallest absolute Gasteiger partial charge is 0.231 e. The second kappa shape index (κ2) is 8.45. The lowest BCUT2D eigenvalue weighted by Crippen LogP contribution is -2.43. The number of nitrogens with two attached hydrogens (primary N) is 1. The molecule has 0 aliphatic carbocycles. The minimum atomic E-state index is -0.315. The third kappa shape index (κ3) is 4.58. The molecule has 0 aromatic heterocycles. The first-order valence-corrected chi connectivity index (χ1v) is 9.11. The number of hydrogen-bond donors (Lipinski definition) is 1. The van der Waals surface area contributed by atoms with Gasteiger partial charge in [-0.25, -0.2) is 0 Å². The van der Waals surface area contributed by atoms with Crippen molar-refractivity contribution >= 4 is 11.8 Å². The van der Waals surface area contributed by atoms with Gasteiger partial charge in [0.15, 0.2) is 0 Å². The van der Waals surface area contributed by atoms with Crippen LogP contribution in [0.4, 0.5) is 0 Å². The van der Waals surface area contributed by atoms with Crippen molar-refractivity contribution in [1.82, 2.24) is 9.80 Å². The van der Waals surface area contributed by atoms with E-state index in [0.717, 1.165) is 37.9 Å². The van der Waals surface area contributed by atoms with E-state index < -0.39 is 0 Å². The molecule has 0 spiro atoms. The topological polar surface area (TPSA) is 75.9 Å². The molecule has 2 aliphatic heterocycles. The van der Waals surface area contributed by atoms with Crippen molar-refractivity contribution in [2.24, 2.45) is 11.7 Å². The van der Waals surface area contributed by atoms with Gasteiger partial charge in [-0.05, 0) is 24.8 Å². The van der Waals surface area contributed by atoms with Gasteiger partial charge in [0.1, 0.15) is 0 Å². The SMILES string of the molecule is NC(=O)CN1CCCN(C(=O)[C@@H]2CCCO[C@@H]2c2ccccc2)CC1. The van der Waals surface area contributed by atoms with E-state index in [9.17, 15) is 9.59 Å². The molecular weight excluding hydrogens is 318 g/mol. The molecule has 0 unspecified atom stereocenters. The van der Waals surface area contributed by atoms with E-state index in [-0.39, 0.29) is 30.4 Å². The molecule has 25 heavy (non-hydrogen) atoms. The Kier molecular flexibility index (Phi) is 6.04. The predicted molar refractivity (Wildman–Crippen MR) is 94.7 cm³/mol. The molecule has 2 aliphatic rings. The van der Waals surface area contributed by atoms with E-state index in [1.807, 2.05) is 40.1 Å². The molecule has 136 valence electrons. The van der Waals surface area contributed by atoms with Crippen LogP contribution < -0.4 is 5.73 Å². The highest BCUT2D eigenvalue weighted by Gasteiger charge is 2.36. The molecule has 0 radical (unpaired) electrons. The molecule has 0 bridgehead atoms. The van der Waals surface area contributed by atoms with Gasteiger partial charge in [0, 0.05) is 32.8 Å². The molecular formula is C19H27N3O3. The minimum Gasteiger partial charge on any atom is -0.373 e. The van der Waals surface area contributed by atoms with Crippen LogP contribution in [0, 0.1) is 5.92 Å². The maximum atomic E-state index is 13.2. The van der Waals surface area contributed by atoms with Gasteiger partial charge in [-0.15, -0.1) is 0 Å². The highest BCUT2D eigenvalue weighted by molar-refractivity contribution is 5.80. The first-order valence-electron chi connectivity index (χ1n) is 9.11. The third-order valence-corrected chi connectivity index (χ3v) is 5.05. The van der Waals surface area contributed by atoms with Crippen molar-refractivity contribution in [1.29, 1.82) is 0 Å². The number of amides is 2. The zero-order chi connectivity index (χ0) is 17.6. The number of nitrogens with zero attached hydrogens (tertiary/aromatic N) is 2. The van der Waals surface area contributed by atoms with Gasteiger partial charge in [-0.1, -0.05) is 30.3 Å². The first kappa shape index (κ1) is 17.9. The van der Waals surface area contributed by atoms with Gasteiger partial charge < -0.3 is 15.4 Å². The van der Waals surface area contributed by atoms with Gasteiger partial charge in [0.2, 0.25) is 11.8 Å². The Balaban J connectivity index is 1.67. The monoisotopic (exact) mass is 345 g/mol. The normalized spacial score (nSPS) is 25.4. The van der Waals surface area contributed by atoms with Crippen molar-refractivity contribution in [3.63, 3.8) is 0 Å². The summed E-state index contributed by atoms with van der Waals surface area (Å²) in [5.74, 6) is -0.266. The van der Waals surface area contributed by atoms with Crippen LogP contribution in [-0.2, 0) is 14.3 Å². The fourth-order valence-corrected chi connectivity index (χ4v) is 3.81. The average molecular weight is 345 g/mol.